The molecule has 3 heterocycles. The number of fused-ring (bicyclic) bond motifs is 2. The number of nitrogens with one attached hydrogen (secondary N) is 1. The predicted octanol–water partition coefficient (Wildman–Crippen LogP) is 5.26. The van der Waals surface area contributed by atoms with Crippen LogP contribution in [0, 0.1) is 0 Å². The van der Waals surface area contributed by atoms with Gasteiger partial charge in [-0.25, -0.2) is 4.79 Å². The first-order chi connectivity index (χ1) is 15.2. The molecule has 4 rings (SSSR count). The minimum absolute atomic E-state index is 0.125. The lowest BCUT2D eigenvalue weighted by molar-refractivity contribution is -0.140. The van der Waals surface area contributed by atoms with Gasteiger partial charge in [0.1, 0.15) is 11.6 Å². The summed E-state index contributed by atoms with van der Waals surface area (Å²) >= 11 is 1.17. The molecule has 1 aliphatic heterocycles. The highest BCUT2D eigenvalue weighted by Gasteiger charge is 2.36. The van der Waals surface area contributed by atoms with Crippen molar-refractivity contribution in [3.63, 3.8) is 0 Å². The first-order valence-corrected chi connectivity index (χ1v) is 11.4. The van der Waals surface area contributed by atoms with Crippen LogP contribution in [0.1, 0.15) is 49.9 Å². The Balaban J connectivity index is 1.97. The van der Waals surface area contributed by atoms with Crippen molar-refractivity contribution < 1.29 is 23.1 Å². The number of carboxylic acids is 1. The first kappa shape index (κ1) is 22.4. The third-order valence-corrected chi connectivity index (χ3v) is 6.83. The van der Waals surface area contributed by atoms with Gasteiger partial charge in [0, 0.05) is 16.7 Å². The van der Waals surface area contributed by atoms with E-state index in [1.807, 2.05) is 0 Å². The number of carbonyl (C=O) groups is 1. The zero-order valence-electron chi connectivity index (χ0n) is 17.3. The highest BCUT2D eigenvalue weighted by molar-refractivity contribution is 7.99. The highest BCUT2D eigenvalue weighted by atomic mass is 32.2. The lowest BCUT2D eigenvalue weighted by Gasteiger charge is -2.16. The molecule has 0 radical (unpaired) electrons. The molecule has 0 fully saturated rings. The minimum atomic E-state index is -4.53. The molecule has 2 aromatic heterocycles. The Labute approximate surface area is 185 Å². The molecule has 32 heavy (non-hydrogen) atoms. The molecule has 0 aliphatic carbocycles. The van der Waals surface area contributed by atoms with Crippen molar-refractivity contribution in [2.45, 2.75) is 56.3 Å². The molecule has 0 spiro atoms. The number of pyridine rings is 1. The van der Waals surface area contributed by atoms with Gasteiger partial charge in [-0.3, -0.25) is 14.5 Å². The van der Waals surface area contributed by atoms with Crippen LogP contribution in [0.2, 0.25) is 0 Å². The summed E-state index contributed by atoms with van der Waals surface area (Å²) in [5.74, 6) is -1.03. The van der Waals surface area contributed by atoms with E-state index < -0.39 is 29.3 Å². The summed E-state index contributed by atoms with van der Waals surface area (Å²) in [6.07, 6.45) is -0.0412. The number of aliphatic carboxylic acids is 1. The van der Waals surface area contributed by atoms with E-state index in [0.29, 0.717) is 28.1 Å². The molecule has 0 saturated heterocycles. The van der Waals surface area contributed by atoms with Crippen LogP contribution >= 0.6 is 11.8 Å². The van der Waals surface area contributed by atoms with E-state index in [1.54, 1.807) is 6.07 Å². The van der Waals surface area contributed by atoms with Gasteiger partial charge in [0.15, 0.2) is 0 Å². The van der Waals surface area contributed by atoms with Gasteiger partial charge in [0.05, 0.1) is 16.3 Å². The summed E-state index contributed by atoms with van der Waals surface area (Å²) in [5, 5.41) is 17.5. The van der Waals surface area contributed by atoms with Gasteiger partial charge >= 0.3 is 12.1 Å². The van der Waals surface area contributed by atoms with E-state index >= 15 is 0 Å². The normalized spacial score (nSPS) is 15.9. The fourth-order valence-electron chi connectivity index (χ4n) is 4.10. The first-order valence-electron chi connectivity index (χ1n) is 10.4. The van der Waals surface area contributed by atoms with Gasteiger partial charge in [-0.05, 0) is 30.5 Å². The molecule has 1 aromatic carbocycles. The molecule has 0 saturated carbocycles. The van der Waals surface area contributed by atoms with Gasteiger partial charge in [-0.2, -0.15) is 18.3 Å². The molecule has 3 aromatic rings. The van der Waals surface area contributed by atoms with E-state index in [9.17, 15) is 27.9 Å². The Kier molecular flexibility index (Phi) is 6.07. The van der Waals surface area contributed by atoms with Crippen molar-refractivity contribution in [3.8, 4) is 11.1 Å². The van der Waals surface area contributed by atoms with Crippen molar-refractivity contribution >= 4 is 28.6 Å². The zero-order valence-corrected chi connectivity index (χ0v) is 18.1. The molecule has 6 nitrogen and oxygen atoms in total. The number of aromatic nitrogens is 3. The molecule has 0 bridgehead atoms. The quantitative estimate of drug-likeness (QED) is 0.465. The van der Waals surface area contributed by atoms with Gasteiger partial charge in [0.25, 0.3) is 5.56 Å². The molecular weight excluding hydrogens is 443 g/mol. The van der Waals surface area contributed by atoms with Crippen molar-refractivity contribution in [2.75, 3.05) is 5.75 Å². The van der Waals surface area contributed by atoms with E-state index in [-0.39, 0.29) is 16.8 Å². The molecular formula is C22H22F3N3O3S. The van der Waals surface area contributed by atoms with E-state index in [1.165, 1.54) is 22.4 Å². The fraction of sp³-hybridized carbons (Fsp3) is 0.409. The molecule has 170 valence electrons. The lowest BCUT2D eigenvalue weighted by atomic mass is 9.98. The second-order valence-corrected chi connectivity index (χ2v) is 8.84. The Morgan fingerprint density at radius 2 is 2.09 bits per heavy atom. The number of H-pyrrole nitrogens is 1. The van der Waals surface area contributed by atoms with Crippen LogP contribution < -0.4 is 5.56 Å². The number of unbranched alkanes of at least 4 members (excludes halogenated alkanes) is 3. The third kappa shape index (κ3) is 3.92. The average molecular weight is 465 g/mol. The van der Waals surface area contributed by atoms with Gasteiger partial charge in [-0.1, -0.05) is 38.3 Å². The summed E-state index contributed by atoms with van der Waals surface area (Å²) in [7, 11) is 0. The van der Waals surface area contributed by atoms with Crippen LogP contribution in [-0.4, -0.2) is 31.6 Å². The van der Waals surface area contributed by atoms with E-state index in [0.717, 1.165) is 37.8 Å². The number of nitrogens with zero attached hydrogens (tertiary/aromatic N) is 2. The van der Waals surface area contributed by atoms with Crippen LogP contribution in [0.5, 0.6) is 0 Å². The number of carboxylic acid groups (broad SMARTS) is 1. The Bertz CT molecular complexity index is 1230. The molecule has 1 aliphatic rings. The number of hydrogen-bond donors (Lipinski definition) is 2. The van der Waals surface area contributed by atoms with Gasteiger partial charge in [-0.15, -0.1) is 11.8 Å². The summed E-state index contributed by atoms with van der Waals surface area (Å²) in [4.78, 5) is 24.9. The number of hydrogen-bond acceptors (Lipinski definition) is 4. The van der Waals surface area contributed by atoms with Crippen LogP contribution in [0.25, 0.3) is 22.0 Å². The molecule has 0 unspecified atom stereocenters. The van der Waals surface area contributed by atoms with Crippen LogP contribution in [0.4, 0.5) is 13.2 Å². The number of halogens is 3. The van der Waals surface area contributed by atoms with Crippen molar-refractivity contribution in [2.24, 2.45) is 0 Å². The molecule has 10 heteroatoms. The van der Waals surface area contributed by atoms with Gasteiger partial charge in [0.2, 0.25) is 0 Å². The summed E-state index contributed by atoms with van der Waals surface area (Å²) in [5.41, 5.74) is 0.125. The maximum absolute atomic E-state index is 13.4. The zero-order chi connectivity index (χ0) is 23.0. The topological polar surface area (TPSA) is 88.0 Å². The SMILES string of the molecule is CCCCCCc1n[nH]c2c(=O)n3c(c(-c4cccc(C(F)(F)F)c4)c12)SC[C@H]3C(=O)O. The molecule has 2 N–H and O–H groups in total. The van der Waals surface area contributed by atoms with Crippen LogP contribution in [0.3, 0.4) is 0 Å². The van der Waals surface area contributed by atoms with E-state index in [2.05, 4.69) is 17.1 Å². The van der Waals surface area contributed by atoms with Crippen LogP contribution in [-0.2, 0) is 17.4 Å². The van der Waals surface area contributed by atoms with Gasteiger partial charge < -0.3 is 5.11 Å². The highest BCUT2D eigenvalue weighted by Crippen LogP contribution is 2.44. The molecule has 0 amide bonds. The maximum atomic E-state index is 13.4. The summed E-state index contributed by atoms with van der Waals surface area (Å²) in [6.45, 7) is 2.09. The monoisotopic (exact) mass is 465 g/mol. The van der Waals surface area contributed by atoms with Crippen molar-refractivity contribution in [1.29, 1.82) is 0 Å². The summed E-state index contributed by atoms with van der Waals surface area (Å²) < 4.78 is 41.4. The number of aromatic amines is 1. The number of thioether (sulfide) groups is 1. The number of aryl methyl sites for hydroxylation is 1. The standard InChI is InChI=1S/C22H22F3N3O3S/c1-2-3-4-5-9-14-17-16(12-7-6-8-13(10-12)22(23,24)25)20-28(15(11-32-20)21(30)31)19(29)18(17)27-26-14/h6-8,10,15H,2-5,9,11H2,1H3,(H,26,27)(H,30,31)/t15-/m0/s1. The third-order valence-electron chi connectivity index (χ3n) is 5.68. The second-order valence-electron chi connectivity index (χ2n) is 7.83. The number of alkyl halides is 3. The maximum Gasteiger partial charge on any atom is 0.416 e. The summed E-state index contributed by atoms with van der Waals surface area (Å²) in [6, 6.07) is 3.82. The average Bonchev–Trinajstić information content (AvgIpc) is 3.37. The Morgan fingerprint density at radius 1 is 1.31 bits per heavy atom. The Hall–Kier alpha value is -2.75. The van der Waals surface area contributed by atoms with Crippen LogP contribution in [0.15, 0.2) is 34.1 Å². The number of rotatable bonds is 7. The predicted molar refractivity (Wildman–Crippen MR) is 116 cm³/mol. The van der Waals surface area contributed by atoms with Crippen molar-refractivity contribution in [1.82, 2.24) is 14.8 Å². The largest absolute Gasteiger partial charge is 0.480 e. The second kappa shape index (κ2) is 8.65. The number of benzene rings is 1. The Morgan fingerprint density at radius 3 is 2.78 bits per heavy atom. The van der Waals surface area contributed by atoms with E-state index in [4.69, 9.17) is 0 Å². The smallest absolute Gasteiger partial charge is 0.416 e. The lowest BCUT2D eigenvalue weighted by Crippen LogP contribution is -2.29. The molecule has 1 atom stereocenters. The van der Waals surface area contributed by atoms with Crippen molar-refractivity contribution in [3.05, 3.63) is 45.9 Å². The fourth-order valence-corrected chi connectivity index (χ4v) is 5.42. The minimum Gasteiger partial charge on any atom is -0.480 e.